The number of piperazine rings is 1. The fourth-order valence-corrected chi connectivity index (χ4v) is 3.69. The van der Waals surface area contributed by atoms with E-state index in [1.165, 1.54) is 11.3 Å². The van der Waals surface area contributed by atoms with E-state index in [4.69, 9.17) is 0 Å². The number of fused-ring (bicyclic) bond motifs is 1. The van der Waals surface area contributed by atoms with Crippen LogP contribution in [0.5, 0.6) is 0 Å². The first-order chi connectivity index (χ1) is 13.0. The summed E-state index contributed by atoms with van der Waals surface area (Å²) in [6.45, 7) is 6.31. The van der Waals surface area contributed by atoms with Crippen LogP contribution in [0, 0.1) is 6.92 Å². The van der Waals surface area contributed by atoms with Crippen LogP contribution in [0.1, 0.15) is 11.9 Å². The van der Waals surface area contributed by atoms with Crippen molar-refractivity contribution in [2.45, 2.75) is 19.9 Å². The molecule has 0 radical (unpaired) electrons. The van der Waals surface area contributed by atoms with Crippen molar-refractivity contribution >= 4 is 34.1 Å². The van der Waals surface area contributed by atoms with E-state index in [0.29, 0.717) is 24.9 Å². The number of hydrogen-bond donors (Lipinski definition) is 1. The third-order valence-corrected chi connectivity index (χ3v) is 5.66. The van der Waals surface area contributed by atoms with Gasteiger partial charge >= 0.3 is 6.03 Å². The molecule has 27 heavy (non-hydrogen) atoms. The molecule has 0 spiro atoms. The Morgan fingerprint density at radius 2 is 2.15 bits per heavy atom. The fraction of sp³-hybridized carbons (Fsp3) is 0.389. The van der Waals surface area contributed by atoms with Gasteiger partial charge in [-0.15, -0.1) is 10.2 Å². The summed E-state index contributed by atoms with van der Waals surface area (Å²) in [4.78, 5) is 25.6. The number of aryl methyl sites for hydroxylation is 1. The second-order valence-electron chi connectivity index (χ2n) is 6.79. The number of rotatable bonds is 2. The van der Waals surface area contributed by atoms with Crippen LogP contribution in [-0.2, 0) is 0 Å². The molecule has 4 heterocycles. The van der Waals surface area contributed by atoms with Crippen molar-refractivity contribution in [3.63, 3.8) is 0 Å². The Balaban J connectivity index is 1.54. The van der Waals surface area contributed by atoms with Gasteiger partial charge in [0.15, 0.2) is 5.01 Å². The Bertz CT molecular complexity index is 989. The van der Waals surface area contributed by atoms with Crippen molar-refractivity contribution in [2.75, 3.05) is 32.0 Å². The Labute approximate surface area is 161 Å². The second kappa shape index (κ2) is 7.16. The number of carbonyl (C=O) groups excluding carboxylic acids is 1. The molecule has 3 aromatic heterocycles. The monoisotopic (exact) mass is 383 g/mol. The molecule has 0 unspecified atom stereocenters. The molecule has 1 N–H and O–H groups in total. The lowest BCUT2D eigenvalue weighted by Crippen LogP contribution is -2.53. The molecule has 1 saturated heterocycles. The highest BCUT2D eigenvalue weighted by Gasteiger charge is 2.24. The predicted octanol–water partition coefficient (Wildman–Crippen LogP) is 2.62. The molecule has 1 atom stereocenters. The van der Waals surface area contributed by atoms with Crippen LogP contribution in [0.25, 0.3) is 21.6 Å². The number of carbonyl (C=O) groups is 1. The Morgan fingerprint density at radius 1 is 1.30 bits per heavy atom. The smallest absolute Gasteiger partial charge is 0.322 e. The van der Waals surface area contributed by atoms with E-state index in [0.717, 1.165) is 33.2 Å². The molecule has 8 nitrogen and oxygen atoms in total. The Morgan fingerprint density at radius 3 is 2.89 bits per heavy atom. The van der Waals surface area contributed by atoms with Crippen LogP contribution in [0.2, 0.25) is 0 Å². The molecule has 0 bridgehead atoms. The first-order valence-corrected chi connectivity index (χ1v) is 9.65. The van der Waals surface area contributed by atoms with E-state index < -0.39 is 0 Å². The average molecular weight is 383 g/mol. The molecule has 4 rings (SSSR count). The first kappa shape index (κ1) is 17.7. The van der Waals surface area contributed by atoms with E-state index in [-0.39, 0.29) is 6.03 Å². The molecule has 9 heteroatoms. The topological polar surface area (TPSA) is 87.1 Å². The predicted molar refractivity (Wildman–Crippen MR) is 106 cm³/mol. The van der Waals surface area contributed by atoms with Crippen molar-refractivity contribution < 1.29 is 4.79 Å². The summed E-state index contributed by atoms with van der Waals surface area (Å²) in [5, 5.41) is 13.7. The van der Waals surface area contributed by atoms with Gasteiger partial charge in [-0.25, -0.2) is 14.8 Å². The molecular formula is C18H21N7OS. The molecule has 140 valence electrons. The molecule has 0 aliphatic carbocycles. The highest BCUT2D eigenvalue weighted by atomic mass is 32.1. The normalized spacial score (nSPS) is 18.0. The number of amides is 2. The van der Waals surface area contributed by atoms with Gasteiger partial charge in [0, 0.05) is 43.3 Å². The summed E-state index contributed by atoms with van der Waals surface area (Å²) < 4.78 is 0. The highest BCUT2D eigenvalue weighted by molar-refractivity contribution is 7.14. The van der Waals surface area contributed by atoms with Crippen molar-refractivity contribution in [3.05, 3.63) is 29.4 Å². The van der Waals surface area contributed by atoms with Gasteiger partial charge in [0.25, 0.3) is 0 Å². The summed E-state index contributed by atoms with van der Waals surface area (Å²) in [5.41, 5.74) is 1.53. The van der Waals surface area contributed by atoms with Gasteiger partial charge < -0.3 is 9.80 Å². The lowest BCUT2D eigenvalue weighted by atomic mass is 10.2. The summed E-state index contributed by atoms with van der Waals surface area (Å²) >= 11 is 1.50. The van der Waals surface area contributed by atoms with Gasteiger partial charge in [0.05, 0.1) is 5.52 Å². The maximum Gasteiger partial charge on any atom is 0.323 e. The maximum atomic E-state index is 12.6. The highest BCUT2D eigenvalue weighted by Crippen LogP contribution is 2.24. The van der Waals surface area contributed by atoms with Crippen molar-refractivity contribution in [2.24, 2.45) is 0 Å². The number of hydrogen-bond acceptors (Lipinski definition) is 7. The molecule has 0 aromatic carbocycles. The summed E-state index contributed by atoms with van der Waals surface area (Å²) in [6, 6.07) is 5.87. The van der Waals surface area contributed by atoms with Gasteiger partial charge in [-0.05, 0) is 33.0 Å². The molecule has 3 aromatic rings. The third kappa shape index (κ3) is 3.74. The van der Waals surface area contributed by atoms with E-state index in [9.17, 15) is 4.79 Å². The first-order valence-electron chi connectivity index (χ1n) is 8.83. The number of nitrogens with one attached hydrogen (secondary N) is 1. The van der Waals surface area contributed by atoms with Gasteiger partial charge in [-0.2, -0.15) is 0 Å². The number of likely N-dealkylation sites (N-methyl/N-ethyl adjacent to an activating group) is 1. The van der Waals surface area contributed by atoms with Crippen molar-refractivity contribution in [3.8, 4) is 10.7 Å². The van der Waals surface area contributed by atoms with Crippen molar-refractivity contribution in [1.29, 1.82) is 0 Å². The van der Waals surface area contributed by atoms with E-state index in [1.54, 1.807) is 12.3 Å². The Hall–Kier alpha value is -2.65. The summed E-state index contributed by atoms with van der Waals surface area (Å²) in [6.07, 6.45) is 1.72. The van der Waals surface area contributed by atoms with E-state index in [2.05, 4.69) is 44.4 Å². The third-order valence-electron chi connectivity index (χ3n) is 4.80. The lowest BCUT2D eigenvalue weighted by Gasteiger charge is -2.37. The minimum atomic E-state index is -0.127. The number of nitrogens with zero attached hydrogens (tertiary/aromatic N) is 6. The number of anilines is 1. The van der Waals surface area contributed by atoms with Gasteiger partial charge in [-0.3, -0.25) is 5.32 Å². The second-order valence-corrected chi connectivity index (χ2v) is 7.97. The zero-order chi connectivity index (χ0) is 19.0. The lowest BCUT2D eigenvalue weighted by molar-refractivity contribution is 0.125. The zero-order valence-electron chi connectivity index (χ0n) is 15.5. The zero-order valence-corrected chi connectivity index (χ0v) is 16.3. The molecular weight excluding hydrogens is 362 g/mol. The summed E-state index contributed by atoms with van der Waals surface area (Å²) in [7, 11) is 2.08. The maximum absolute atomic E-state index is 12.6. The average Bonchev–Trinajstić information content (AvgIpc) is 3.09. The van der Waals surface area contributed by atoms with Crippen LogP contribution in [0.4, 0.5) is 10.6 Å². The molecule has 1 aliphatic heterocycles. The molecule has 1 aliphatic rings. The minimum absolute atomic E-state index is 0.127. The van der Waals surface area contributed by atoms with E-state index in [1.807, 2.05) is 24.0 Å². The SMILES string of the molecule is Cc1nnc(-c2ccc3cnc(NC(=O)N4CCN(C)[C@@H](C)C4)cc3n2)s1. The molecule has 0 saturated carbocycles. The summed E-state index contributed by atoms with van der Waals surface area (Å²) in [5.74, 6) is 0.497. The molecule has 2 amide bonds. The standard InChI is InChI=1S/C18H21N7OS/c1-11-10-25(7-6-24(11)3)18(26)21-16-8-15-13(9-19-16)4-5-14(20-15)17-23-22-12(2)27-17/h4-5,8-9,11H,6-7,10H2,1-3H3,(H,19,21,26)/t11-/m0/s1. The van der Waals surface area contributed by atoms with Gasteiger partial charge in [-0.1, -0.05) is 11.3 Å². The minimum Gasteiger partial charge on any atom is -0.322 e. The van der Waals surface area contributed by atoms with Crippen LogP contribution >= 0.6 is 11.3 Å². The number of urea groups is 1. The van der Waals surface area contributed by atoms with Gasteiger partial charge in [0.2, 0.25) is 0 Å². The van der Waals surface area contributed by atoms with E-state index >= 15 is 0 Å². The number of pyridine rings is 2. The van der Waals surface area contributed by atoms with Crippen LogP contribution in [0.15, 0.2) is 24.4 Å². The molecule has 1 fully saturated rings. The van der Waals surface area contributed by atoms with Gasteiger partial charge in [0.1, 0.15) is 16.5 Å². The quantitative estimate of drug-likeness (QED) is 0.732. The Kier molecular flexibility index (Phi) is 4.71. The largest absolute Gasteiger partial charge is 0.323 e. The fourth-order valence-electron chi connectivity index (χ4n) is 3.03. The van der Waals surface area contributed by atoms with Crippen LogP contribution in [0.3, 0.4) is 0 Å². The van der Waals surface area contributed by atoms with Crippen molar-refractivity contribution in [1.82, 2.24) is 30.0 Å². The number of aromatic nitrogens is 4. The van der Waals surface area contributed by atoms with Crippen LogP contribution < -0.4 is 5.32 Å². The van der Waals surface area contributed by atoms with Crippen LogP contribution in [-0.4, -0.2) is 68.7 Å².